The van der Waals surface area contributed by atoms with Gasteiger partial charge in [-0.2, -0.15) is 4.98 Å². The molecule has 1 aliphatic carbocycles. The van der Waals surface area contributed by atoms with Crippen LogP contribution in [0.5, 0.6) is 0 Å². The summed E-state index contributed by atoms with van der Waals surface area (Å²) < 4.78 is 6.23. The van der Waals surface area contributed by atoms with Crippen LogP contribution in [0.2, 0.25) is 0 Å². The fraction of sp³-hybridized carbons (Fsp3) is 0.714. The largest absolute Gasteiger partial charge is 0.340 e. The first-order valence-corrected chi connectivity index (χ1v) is 9.68. The Bertz CT molecular complexity index is 604. The van der Waals surface area contributed by atoms with Gasteiger partial charge in [0.15, 0.2) is 10.2 Å². The van der Waals surface area contributed by atoms with Crippen molar-refractivity contribution in [3.05, 3.63) is 16.7 Å². The van der Waals surface area contributed by atoms with Crippen molar-refractivity contribution in [2.75, 3.05) is 6.26 Å². The minimum atomic E-state index is -0.195. The lowest BCUT2D eigenvalue weighted by molar-refractivity contribution is 0.257. The highest BCUT2D eigenvalue weighted by Gasteiger charge is 2.37. The first-order chi connectivity index (χ1) is 10.7. The molecule has 120 valence electrons. The molecule has 0 aromatic carbocycles. The van der Waals surface area contributed by atoms with Crippen LogP contribution in [0.25, 0.3) is 0 Å². The lowest BCUT2D eigenvalue weighted by Gasteiger charge is -2.30. The summed E-state index contributed by atoms with van der Waals surface area (Å²) in [6, 6.07) is 0. The second-order valence-electron chi connectivity index (χ2n) is 5.65. The van der Waals surface area contributed by atoms with Gasteiger partial charge in [0.25, 0.3) is 0 Å². The minimum Gasteiger partial charge on any atom is -0.340 e. The molecular weight excluding hydrogens is 318 g/mol. The first-order valence-electron chi connectivity index (χ1n) is 7.64. The van der Waals surface area contributed by atoms with E-state index in [0.717, 1.165) is 28.0 Å². The zero-order valence-electron chi connectivity index (χ0n) is 13.0. The minimum absolute atomic E-state index is 0.195. The van der Waals surface area contributed by atoms with E-state index in [2.05, 4.69) is 25.7 Å². The fourth-order valence-corrected chi connectivity index (χ4v) is 4.20. The van der Waals surface area contributed by atoms with Gasteiger partial charge < -0.3 is 4.52 Å². The monoisotopic (exact) mass is 339 g/mol. The number of aromatic nitrogens is 4. The summed E-state index contributed by atoms with van der Waals surface area (Å²) >= 11 is 3.27. The quantitative estimate of drug-likeness (QED) is 0.661. The van der Waals surface area contributed by atoms with E-state index in [1.807, 2.05) is 13.2 Å². The van der Waals surface area contributed by atoms with Gasteiger partial charge in [-0.3, -0.25) is 5.32 Å². The summed E-state index contributed by atoms with van der Waals surface area (Å²) in [6.45, 7) is 2.54. The highest BCUT2D eigenvalue weighted by molar-refractivity contribution is 8.00. The molecule has 2 heterocycles. The van der Waals surface area contributed by atoms with E-state index in [1.165, 1.54) is 25.7 Å². The van der Waals surface area contributed by atoms with E-state index >= 15 is 0 Å². The van der Waals surface area contributed by atoms with Crippen molar-refractivity contribution >= 4 is 23.1 Å². The second-order valence-corrected chi connectivity index (χ2v) is 7.77. The van der Waals surface area contributed by atoms with Crippen LogP contribution in [0, 0.1) is 6.92 Å². The summed E-state index contributed by atoms with van der Waals surface area (Å²) in [4.78, 5) is 4.50. The number of nitrogens with zero attached hydrogens (tertiary/aromatic N) is 4. The molecule has 0 bridgehead atoms. The zero-order chi connectivity index (χ0) is 15.4. The van der Waals surface area contributed by atoms with Gasteiger partial charge in [-0.15, -0.1) is 10.2 Å². The maximum absolute atomic E-state index is 5.23. The molecule has 0 aliphatic heterocycles. The topological polar surface area (TPSA) is 76.7 Å². The highest BCUT2D eigenvalue weighted by atomic mass is 32.2. The Morgan fingerprint density at radius 3 is 2.59 bits per heavy atom. The van der Waals surface area contributed by atoms with Gasteiger partial charge in [-0.05, 0) is 19.1 Å². The standard InChI is InChI=1S/C14H21N5OS2/c1-10-16-12(19-20-10)14(7-5-3-4-6-8-14)15-9-11-17-18-13(21-2)22-11/h15H,3-9H2,1-2H3. The van der Waals surface area contributed by atoms with Crippen molar-refractivity contribution in [2.24, 2.45) is 0 Å². The number of hydrogen-bond donors (Lipinski definition) is 1. The summed E-state index contributed by atoms with van der Waals surface area (Å²) in [5.41, 5.74) is -0.195. The first kappa shape index (κ1) is 15.9. The maximum atomic E-state index is 5.23. The van der Waals surface area contributed by atoms with Crippen LogP contribution >= 0.6 is 23.1 Å². The number of rotatable bonds is 5. The van der Waals surface area contributed by atoms with Crippen LogP contribution in [0.4, 0.5) is 0 Å². The van der Waals surface area contributed by atoms with Gasteiger partial charge in [-0.25, -0.2) is 0 Å². The molecule has 3 rings (SSSR count). The molecular formula is C14H21N5OS2. The Hall–Kier alpha value is -0.990. The third-order valence-corrected chi connectivity index (χ3v) is 6.01. The Labute approximate surface area is 138 Å². The van der Waals surface area contributed by atoms with Gasteiger partial charge in [0, 0.05) is 6.92 Å². The van der Waals surface area contributed by atoms with Gasteiger partial charge in [0.2, 0.25) is 5.89 Å². The molecule has 8 heteroatoms. The van der Waals surface area contributed by atoms with E-state index in [9.17, 15) is 0 Å². The smallest absolute Gasteiger partial charge is 0.223 e. The fourth-order valence-electron chi connectivity index (χ4n) is 2.94. The van der Waals surface area contributed by atoms with E-state index < -0.39 is 0 Å². The zero-order valence-corrected chi connectivity index (χ0v) is 14.6. The molecule has 1 saturated carbocycles. The number of aryl methyl sites for hydroxylation is 1. The van der Waals surface area contributed by atoms with Crippen LogP contribution < -0.4 is 5.32 Å². The lowest BCUT2D eigenvalue weighted by Crippen LogP contribution is -2.42. The van der Waals surface area contributed by atoms with Crippen molar-refractivity contribution in [2.45, 2.75) is 61.9 Å². The number of nitrogens with one attached hydrogen (secondary N) is 1. The molecule has 6 nitrogen and oxygen atoms in total. The van der Waals surface area contributed by atoms with Crippen molar-refractivity contribution in [3.63, 3.8) is 0 Å². The second kappa shape index (κ2) is 7.06. The molecule has 22 heavy (non-hydrogen) atoms. The molecule has 0 saturated heterocycles. The van der Waals surface area contributed by atoms with Crippen molar-refractivity contribution in [3.8, 4) is 0 Å². The summed E-state index contributed by atoms with van der Waals surface area (Å²) in [5, 5.41) is 17.3. The van der Waals surface area contributed by atoms with Gasteiger partial charge in [-0.1, -0.05) is 53.9 Å². The summed E-state index contributed by atoms with van der Waals surface area (Å²) in [5.74, 6) is 1.42. The normalized spacial score (nSPS) is 18.3. The van der Waals surface area contributed by atoms with Crippen LogP contribution in [0.1, 0.15) is 55.2 Å². The average Bonchev–Trinajstić information content (AvgIpc) is 3.10. The molecule has 0 unspecified atom stereocenters. The lowest BCUT2D eigenvalue weighted by atomic mass is 9.89. The SMILES string of the molecule is CSc1nnc(CNC2(c3noc(C)n3)CCCCCC2)s1. The molecule has 0 radical (unpaired) electrons. The maximum Gasteiger partial charge on any atom is 0.223 e. The average molecular weight is 339 g/mol. The van der Waals surface area contributed by atoms with Crippen LogP contribution in [0.3, 0.4) is 0 Å². The van der Waals surface area contributed by atoms with Crippen molar-refractivity contribution in [1.29, 1.82) is 0 Å². The van der Waals surface area contributed by atoms with E-state index in [1.54, 1.807) is 23.1 Å². The molecule has 0 amide bonds. The predicted molar refractivity (Wildman–Crippen MR) is 86.9 cm³/mol. The van der Waals surface area contributed by atoms with E-state index in [0.29, 0.717) is 12.4 Å². The van der Waals surface area contributed by atoms with E-state index in [-0.39, 0.29) is 5.54 Å². The number of hydrogen-bond acceptors (Lipinski definition) is 8. The predicted octanol–water partition coefficient (Wildman–Crippen LogP) is 3.29. The van der Waals surface area contributed by atoms with Crippen LogP contribution in [-0.4, -0.2) is 26.6 Å². The highest BCUT2D eigenvalue weighted by Crippen LogP contribution is 2.35. The summed E-state index contributed by atoms with van der Waals surface area (Å²) in [7, 11) is 0. The van der Waals surface area contributed by atoms with Gasteiger partial charge in [0.05, 0.1) is 12.1 Å². The van der Waals surface area contributed by atoms with Crippen molar-refractivity contribution < 1.29 is 4.52 Å². The van der Waals surface area contributed by atoms with Crippen LogP contribution in [0.15, 0.2) is 8.86 Å². The molecule has 1 N–H and O–H groups in total. The molecule has 0 atom stereocenters. The Morgan fingerprint density at radius 1 is 1.23 bits per heavy atom. The van der Waals surface area contributed by atoms with Crippen molar-refractivity contribution in [1.82, 2.24) is 25.7 Å². The molecule has 1 aliphatic rings. The number of thioether (sulfide) groups is 1. The Kier molecular flexibility index (Phi) is 5.10. The molecule has 0 spiro atoms. The van der Waals surface area contributed by atoms with Crippen LogP contribution in [-0.2, 0) is 12.1 Å². The van der Waals surface area contributed by atoms with Gasteiger partial charge in [0.1, 0.15) is 5.01 Å². The Balaban J connectivity index is 1.78. The third-order valence-electron chi connectivity index (χ3n) is 4.11. The van der Waals surface area contributed by atoms with E-state index in [4.69, 9.17) is 4.52 Å². The Morgan fingerprint density at radius 2 is 2.00 bits per heavy atom. The summed E-state index contributed by atoms with van der Waals surface area (Å²) in [6.07, 6.45) is 9.03. The van der Waals surface area contributed by atoms with Gasteiger partial charge >= 0.3 is 0 Å². The molecule has 1 fully saturated rings. The molecule has 2 aromatic heterocycles. The molecule has 2 aromatic rings. The third kappa shape index (κ3) is 3.49.